The van der Waals surface area contributed by atoms with Crippen LogP contribution in [0.5, 0.6) is 0 Å². The van der Waals surface area contributed by atoms with E-state index in [1.807, 2.05) is 6.92 Å². The normalized spacial score (nSPS) is 12.3. The van der Waals surface area contributed by atoms with E-state index in [4.69, 9.17) is 23.2 Å². The number of rotatable bonds is 3. The maximum atomic E-state index is 13.1. The summed E-state index contributed by atoms with van der Waals surface area (Å²) in [6.07, 6.45) is 0. The first kappa shape index (κ1) is 14.6. The number of hydrogen-bond acceptors (Lipinski definition) is 1. The van der Waals surface area contributed by atoms with Crippen molar-refractivity contribution in [2.75, 3.05) is 5.32 Å². The lowest BCUT2D eigenvalue weighted by Crippen LogP contribution is -2.07. The molecule has 0 amide bonds. The van der Waals surface area contributed by atoms with E-state index in [1.165, 1.54) is 12.1 Å². The summed E-state index contributed by atoms with van der Waals surface area (Å²) in [6, 6.07) is 9.87. The van der Waals surface area contributed by atoms with Gasteiger partial charge in [0.2, 0.25) is 0 Å². The molecule has 0 spiro atoms. The first-order valence-corrected chi connectivity index (χ1v) is 7.18. The fraction of sp³-hybridized carbons (Fsp3) is 0.143. The van der Waals surface area contributed by atoms with Crippen LogP contribution >= 0.6 is 39.1 Å². The van der Waals surface area contributed by atoms with Gasteiger partial charge in [-0.05, 0) is 42.8 Å². The minimum atomic E-state index is -0.270. The van der Waals surface area contributed by atoms with Crippen LogP contribution in [0.15, 0.2) is 40.9 Å². The second-order valence-electron chi connectivity index (χ2n) is 4.19. The third-order valence-electron chi connectivity index (χ3n) is 2.67. The molecule has 19 heavy (non-hydrogen) atoms. The molecule has 0 aliphatic carbocycles. The van der Waals surface area contributed by atoms with Crippen LogP contribution in [0, 0.1) is 5.82 Å². The van der Waals surface area contributed by atoms with Crippen molar-refractivity contribution < 1.29 is 4.39 Å². The lowest BCUT2D eigenvalue weighted by Gasteiger charge is -2.17. The minimum Gasteiger partial charge on any atom is -0.378 e. The van der Waals surface area contributed by atoms with Crippen LogP contribution in [0.2, 0.25) is 10.0 Å². The molecule has 1 unspecified atom stereocenters. The van der Waals surface area contributed by atoms with Gasteiger partial charge in [0.05, 0.1) is 0 Å². The zero-order valence-electron chi connectivity index (χ0n) is 10.1. The summed E-state index contributed by atoms with van der Waals surface area (Å²) in [5, 5.41) is 4.42. The summed E-state index contributed by atoms with van der Waals surface area (Å²) < 4.78 is 13.8. The van der Waals surface area contributed by atoms with Gasteiger partial charge >= 0.3 is 0 Å². The van der Waals surface area contributed by atoms with Crippen LogP contribution in [0.1, 0.15) is 18.5 Å². The van der Waals surface area contributed by atoms with E-state index in [0.29, 0.717) is 10.0 Å². The molecule has 100 valence electrons. The third-order valence-corrected chi connectivity index (χ3v) is 3.80. The molecule has 0 aromatic heterocycles. The van der Waals surface area contributed by atoms with Crippen molar-refractivity contribution in [3.63, 3.8) is 0 Å². The molecule has 0 saturated carbocycles. The highest BCUT2D eigenvalue weighted by Gasteiger charge is 2.10. The first-order valence-electron chi connectivity index (χ1n) is 5.63. The van der Waals surface area contributed by atoms with Crippen molar-refractivity contribution in [1.29, 1.82) is 0 Å². The van der Waals surface area contributed by atoms with Gasteiger partial charge in [-0.1, -0.05) is 45.2 Å². The Morgan fingerprint density at radius 1 is 1.11 bits per heavy atom. The highest BCUT2D eigenvalue weighted by molar-refractivity contribution is 9.10. The van der Waals surface area contributed by atoms with Crippen molar-refractivity contribution in [1.82, 2.24) is 0 Å². The molecule has 2 aromatic rings. The van der Waals surface area contributed by atoms with Crippen LogP contribution in [0.4, 0.5) is 10.1 Å². The number of halogens is 4. The van der Waals surface area contributed by atoms with Crippen LogP contribution < -0.4 is 5.32 Å². The topological polar surface area (TPSA) is 12.0 Å². The second-order valence-corrected chi connectivity index (χ2v) is 5.92. The van der Waals surface area contributed by atoms with E-state index >= 15 is 0 Å². The molecule has 2 rings (SSSR count). The summed E-state index contributed by atoms with van der Waals surface area (Å²) in [4.78, 5) is 0. The summed E-state index contributed by atoms with van der Waals surface area (Å²) >= 11 is 15.3. The van der Waals surface area contributed by atoms with E-state index in [2.05, 4.69) is 21.2 Å². The SMILES string of the molecule is CC(Nc1cc(Cl)cc(Cl)c1)c1ccc(F)cc1Br. The number of anilines is 1. The first-order chi connectivity index (χ1) is 8.95. The molecule has 5 heteroatoms. The van der Waals surface area contributed by atoms with E-state index in [9.17, 15) is 4.39 Å². The van der Waals surface area contributed by atoms with Crippen molar-refractivity contribution in [2.24, 2.45) is 0 Å². The van der Waals surface area contributed by atoms with Gasteiger partial charge in [0.15, 0.2) is 0 Å². The molecule has 0 fully saturated rings. The molecular weight excluding hydrogens is 352 g/mol. The predicted octanol–water partition coefficient (Wildman–Crippen LogP) is 6.07. The Bertz CT molecular complexity index is 584. The predicted molar refractivity (Wildman–Crippen MR) is 82.6 cm³/mol. The number of hydrogen-bond donors (Lipinski definition) is 1. The van der Waals surface area contributed by atoms with Crippen LogP contribution in [0.3, 0.4) is 0 Å². The van der Waals surface area contributed by atoms with Gasteiger partial charge in [-0.15, -0.1) is 0 Å². The molecule has 0 aliphatic heterocycles. The Labute approximate surface area is 129 Å². The molecule has 0 radical (unpaired) electrons. The number of nitrogens with one attached hydrogen (secondary N) is 1. The Balaban J connectivity index is 2.22. The summed E-state index contributed by atoms with van der Waals surface area (Å²) in [6.45, 7) is 1.98. The lowest BCUT2D eigenvalue weighted by molar-refractivity contribution is 0.625. The third kappa shape index (κ3) is 3.85. The van der Waals surface area contributed by atoms with Crippen LogP contribution in [0.25, 0.3) is 0 Å². The van der Waals surface area contributed by atoms with Crippen molar-refractivity contribution in [3.05, 3.63) is 62.3 Å². The molecule has 0 heterocycles. The average molecular weight is 363 g/mol. The molecule has 1 atom stereocenters. The van der Waals surface area contributed by atoms with Crippen LogP contribution in [-0.4, -0.2) is 0 Å². The molecule has 2 aromatic carbocycles. The number of benzene rings is 2. The monoisotopic (exact) mass is 361 g/mol. The highest BCUT2D eigenvalue weighted by Crippen LogP contribution is 2.29. The molecule has 1 N–H and O–H groups in total. The Morgan fingerprint density at radius 3 is 2.32 bits per heavy atom. The van der Waals surface area contributed by atoms with Gasteiger partial charge in [0, 0.05) is 26.2 Å². The highest BCUT2D eigenvalue weighted by atomic mass is 79.9. The lowest BCUT2D eigenvalue weighted by atomic mass is 10.1. The minimum absolute atomic E-state index is 0.00971. The second kappa shape index (κ2) is 6.12. The Morgan fingerprint density at radius 2 is 1.74 bits per heavy atom. The summed E-state index contributed by atoms with van der Waals surface area (Å²) in [5.74, 6) is -0.270. The fourth-order valence-corrected chi connectivity index (χ4v) is 3.04. The summed E-state index contributed by atoms with van der Waals surface area (Å²) in [5.41, 5.74) is 1.78. The van der Waals surface area contributed by atoms with Gasteiger partial charge < -0.3 is 5.32 Å². The molecule has 0 saturated heterocycles. The van der Waals surface area contributed by atoms with Crippen molar-refractivity contribution in [3.8, 4) is 0 Å². The fourth-order valence-electron chi connectivity index (χ4n) is 1.82. The van der Waals surface area contributed by atoms with E-state index < -0.39 is 0 Å². The van der Waals surface area contributed by atoms with E-state index in [1.54, 1.807) is 24.3 Å². The molecular formula is C14H11BrCl2FN. The average Bonchev–Trinajstić information content (AvgIpc) is 2.26. The van der Waals surface area contributed by atoms with Gasteiger partial charge in [-0.3, -0.25) is 0 Å². The quantitative estimate of drug-likeness (QED) is 0.698. The zero-order valence-corrected chi connectivity index (χ0v) is 13.2. The van der Waals surface area contributed by atoms with Gasteiger partial charge in [0.1, 0.15) is 5.82 Å². The van der Waals surface area contributed by atoms with Gasteiger partial charge in [0.25, 0.3) is 0 Å². The Kier molecular flexibility index (Phi) is 4.71. The molecule has 0 aliphatic rings. The maximum absolute atomic E-state index is 13.1. The van der Waals surface area contributed by atoms with Crippen LogP contribution in [-0.2, 0) is 0 Å². The summed E-state index contributed by atoms with van der Waals surface area (Å²) in [7, 11) is 0. The molecule has 0 bridgehead atoms. The van der Waals surface area contributed by atoms with Crippen molar-refractivity contribution in [2.45, 2.75) is 13.0 Å². The molecule has 1 nitrogen and oxygen atoms in total. The van der Waals surface area contributed by atoms with Crippen molar-refractivity contribution >= 4 is 44.8 Å². The van der Waals surface area contributed by atoms with E-state index in [-0.39, 0.29) is 11.9 Å². The van der Waals surface area contributed by atoms with E-state index in [0.717, 1.165) is 15.7 Å². The smallest absolute Gasteiger partial charge is 0.124 e. The Hall–Kier alpha value is -0.770. The van der Waals surface area contributed by atoms with Gasteiger partial charge in [-0.25, -0.2) is 4.39 Å². The standard InChI is InChI=1S/C14H11BrCl2FN/c1-8(13-3-2-11(18)7-14(13)15)19-12-5-9(16)4-10(17)6-12/h2-8,19H,1H3. The largest absolute Gasteiger partial charge is 0.378 e. The zero-order chi connectivity index (χ0) is 14.0. The maximum Gasteiger partial charge on any atom is 0.124 e. The van der Waals surface area contributed by atoms with Gasteiger partial charge in [-0.2, -0.15) is 0 Å².